The Morgan fingerprint density at radius 1 is 1.07 bits per heavy atom. The van der Waals surface area contributed by atoms with E-state index in [9.17, 15) is 4.79 Å². The Labute approximate surface area is 237 Å². The highest BCUT2D eigenvalue weighted by molar-refractivity contribution is 5.92. The summed E-state index contributed by atoms with van der Waals surface area (Å²) in [5, 5.41) is 3.99. The minimum absolute atomic E-state index is 0.0460. The number of hydrogen-bond donors (Lipinski definition) is 2. The number of likely N-dealkylation sites (N-methyl/N-ethyl adjacent to an activating group) is 1. The van der Waals surface area contributed by atoms with Gasteiger partial charge in [0.25, 0.3) is 0 Å². The number of benzene rings is 1. The van der Waals surface area contributed by atoms with Crippen molar-refractivity contribution >= 4 is 34.3 Å². The summed E-state index contributed by atoms with van der Waals surface area (Å²) in [5.74, 6) is 2.08. The minimum Gasteiger partial charge on any atom is -0.457 e. The van der Waals surface area contributed by atoms with E-state index in [-0.39, 0.29) is 17.5 Å². The molecule has 0 atom stereocenters. The number of amides is 1. The van der Waals surface area contributed by atoms with E-state index in [2.05, 4.69) is 48.7 Å². The van der Waals surface area contributed by atoms with E-state index in [0.29, 0.717) is 36.1 Å². The van der Waals surface area contributed by atoms with Gasteiger partial charge in [0.1, 0.15) is 40.9 Å². The van der Waals surface area contributed by atoms with Crippen LogP contribution in [0.4, 0.5) is 21.7 Å². The molecule has 1 aromatic carbocycles. The molecular weight excluding hydrogens is 523 g/mol. The number of ether oxygens (including phenoxy) is 1. The Morgan fingerprint density at radius 3 is 2.61 bits per heavy atom. The first-order valence-corrected chi connectivity index (χ1v) is 13.9. The molecule has 0 saturated carbocycles. The summed E-state index contributed by atoms with van der Waals surface area (Å²) in [6.45, 7) is 8.65. The number of likely N-dealkylation sites (tertiary alicyclic amines) is 1. The van der Waals surface area contributed by atoms with Gasteiger partial charge in [-0.2, -0.15) is 0 Å². The molecule has 11 heteroatoms. The van der Waals surface area contributed by atoms with Crippen LogP contribution in [0.1, 0.15) is 24.3 Å². The Bertz CT molecular complexity index is 1560. The molecule has 212 valence electrons. The van der Waals surface area contributed by atoms with Gasteiger partial charge < -0.3 is 29.7 Å². The van der Waals surface area contributed by atoms with Gasteiger partial charge in [0, 0.05) is 63.8 Å². The van der Waals surface area contributed by atoms with Crippen molar-refractivity contribution in [2.24, 2.45) is 0 Å². The zero-order valence-electron chi connectivity index (χ0n) is 23.0. The van der Waals surface area contributed by atoms with Crippen molar-refractivity contribution in [3.63, 3.8) is 0 Å². The lowest BCUT2D eigenvalue weighted by Gasteiger charge is -2.33. The van der Waals surface area contributed by atoms with Gasteiger partial charge in [-0.3, -0.25) is 4.79 Å². The average molecular weight is 557 g/mol. The monoisotopic (exact) mass is 556 g/mol. The Hall–Kier alpha value is -4.51. The second kappa shape index (κ2) is 11.5. The van der Waals surface area contributed by atoms with E-state index in [1.165, 1.54) is 18.5 Å². The first-order valence-electron chi connectivity index (χ1n) is 13.9. The lowest BCUT2D eigenvalue weighted by Crippen LogP contribution is -2.44. The maximum Gasteiger partial charge on any atom is 0.245 e. The number of hydrogen-bond acceptors (Lipinski definition) is 8. The Kier molecular flexibility index (Phi) is 7.51. The maximum atomic E-state index is 15.3. The zero-order valence-corrected chi connectivity index (χ0v) is 23.0. The molecule has 10 nitrogen and oxygen atoms in total. The fourth-order valence-corrected chi connectivity index (χ4v) is 5.54. The molecule has 0 bridgehead atoms. The number of nitrogens with one attached hydrogen (secondary N) is 2. The van der Waals surface area contributed by atoms with Gasteiger partial charge in [-0.25, -0.2) is 19.3 Å². The van der Waals surface area contributed by atoms with E-state index < -0.39 is 5.82 Å². The van der Waals surface area contributed by atoms with Gasteiger partial charge in [0.2, 0.25) is 5.91 Å². The van der Waals surface area contributed by atoms with Crippen molar-refractivity contribution in [2.75, 3.05) is 56.5 Å². The minimum atomic E-state index is -0.462. The summed E-state index contributed by atoms with van der Waals surface area (Å²) >= 11 is 0. The third-order valence-electron chi connectivity index (χ3n) is 7.89. The van der Waals surface area contributed by atoms with Crippen molar-refractivity contribution in [3.05, 3.63) is 73.1 Å². The summed E-state index contributed by atoms with van der Waals surface area (Å²) in [6, 6.07) is 8.39. The number of pyridine rings is 1. The predicted octanol–water partition coefficient (Wildman–Crippen LogP) is 4.67. The number of aromatic amines is 1. The molecule has 0 aliphatic carbocycles. The predicted molar refractivity (Wildman–Crippen MR) is 156 cm³/mol. The van der Waals surface area contributed by atoms with E-state index in [4.69, 9.17) is 4.74 Å². The van der Waals surface area contributed by atoms with Crippen LogP contribution in [0.3, 0.4) is 0 Å². The van der Waals surface area contributed by atoms with Crippen LogP contribution in [0.2, 0.25) is 0 Å². The highest BCUT2D eigenvalue weighted by atomic mass is 19.1. The molecule has 2 fully saturated rings. The standard InChI is InChI=1S/C30H33FN8O2/c1-3-27(40)39-10-7-20(8-11-39)23-18-33-29-28(23)30(35-19-34-29)36-25-5-4-21(16-24(25)31)41-22-6-9-32-26(17-22)38-14-12-37(2)13-15-38/h3-6,9,16-20H,1,7-8,10-15H2,2H3,(H2,33,34,35,36). The number of fused-ring (bicyclic) bond motifs is 1. The molecule has 41 heavy (non-hydrogen) atoms. The summed E-state index contributed by atoms with van der Waals surface area (Å²) < 4.78 is 21.3. The lowest BCUT2D eigenvalue weighted by molar-refractivity contribution is -0.127. The van der Waals surface area contributed by atoms with Crippen molar-refractivity contribution in [2.45, 2.75) is 18.8 Å². The van der Waals surface area contributed by atoms with Crippen LogP contribution < -0.4 is 15.0 Å². The first-order chi connectivity index (χ1) is 20.0. The molecule has 3 aromatic heterocycles. The topological polar surface area (TPSA) is 103 Å². The summed E-state index contributed by atoms with van der Waals surface area (Å²) in [6.07, 6.45) is 8.09. The molecule has 0 unspecified atom stereocenters. The molecule has 0 spiro atoms. The maximum absolute atomic E-state index is 15.3. The Morgan fingerprint density at radius 2 is 1.85 bits per heavy atom. The number of rotatable bonds is 7. The van der Waals surface area contributed by atoms with Gasteiger partial charge in [0.15, 0.2) is 0 Å². The highest BCUT2D eigenvalue weighted by Gasteiger charge is 2.26. The molecule has 2 saturated heterocycles. The summed E-state index contributed by atoms with van der Waals surface area (Å²) in [4.78, 5) is 34.9. The molecular formula is C30H33FN8O2. The normalized spacial score (nSPS) is 16.6. The molecule has 5 heterocycles. The number of H-pyrrole nitrogens is 1. The SMILES string of the molecule is C=CC(=O)N1CCC(c2c[nH]c3ncnc(Nc4ccc(Oc5ccnc(N6CCN(C)CC6)c5)cc4F)c23)CC1. The van der Waals surface area contributed by atoms with Crippen LogP contribution in [-0.4, -0.2) is 82.0 Å². The number of anilines is 3. The van der Waals surface area contributed by atoms with Gasteiger partial charge in [-0.1, -0.05) is 6.58 Å². The first kappa shape index (κ1) is 26.7. The number of halogens is 1. The van der Waals surface area contributed by atoms with E-state index in [1.807, 2.05) is 17.2 Å². The molecule has 6 rings (SSSR count). The highest BCUT2D eigenvalue weighted by Crippen LogP contribution is 2.37. The van der Waals surface area contributed by atoms with Crippen LogP contribution in [0.25, 0.3) is 11.0 Å². The summed E-state index contributed by atoms with van der Waals surface area (Å²) in [7, 11) is 2.11. The number of nitrogens with zero attached hydrogens (tertiary/aromatic N) is 6. The number of piperazine rings is 1. The molecule has 2 aliphatic heterocycles. The van der Waals surface area contributed by atoms with Gasteiger partial charge >= 0.3 is 0 Å². The van der Waals surface area contributed by atoms with E-state index in [1.54, 1.807) is 24.4 Å². The molecule has 4 aromatic rings. The Balaban J connectivity index is 1.17. The molecule has 0 radical (unpaired) electrons. The largest absolute Gasteiger partial charge is 0.457 e. The number of piperidine rings is 1. The summed E-state index contributed by atoms with van der Waals surface area (Å²) in [5.41, 5.74) is 2.02. The second-order valence-electron chi connectivity index (χ2n) is 10.5. The average Bonchev–Trinajstić information content (AvgIpc) is 3.44. The molecule has 2 N–H and O–H groups in total. The van der Waals surface area contributed by atoms with Crippen LogP contribution in [0.5, 0.6) is 11.5 Å². The number of carbonyl (C=O) groups is 1. The third kappa shape index (κ3) is 5.71. The third-order valence-corrected chi connectivity index (χ3v) is 7.89. The van der Waals surface area contributed by atoms with Crippen molar-refractivity contribution in [1.82, 2.24) is 29.7 Å². The molecule has 1 amide bonds. The van der Waals surface area contributed by atoms with Crippen molar-refractivity contribution in [1.29, 1.82) is 0 Å². The lowest BCUT2D eigenvalue weighted by atomic mass is 9.89. The van der Waals surface area contributed by atoms with Crippen LogP contribution in [-0.2, 0) is 4.79 Å². The number of carbonyl (C=O) groups excluding carboxylic acids is 1. The fraction of sp³-hybridized carbons (Fsp3) is 0.333. The fourth-order valence-electron chi connectivity index (χ4n) is 5.54. The van der Waals surface area contributed by atoms with E-state index >= 15 is 4.39 Å². The van der Waals surface area contributed by atoms with Crippen LogP contribution in [0.15, 0.2) is 61.7 Å². The van der Waals surface area contributed by atoms with Crippen molar-refractivity contribution in [3.8, 4) is 11.5 Å². The number of aromatic nitrogens is 4. The quantitative estimate of drug-likeness (QED) is 0.317. The van der Waals surface area contributed by atoms with E-state index in [0.717, 1.165) is 55.8 Å². The van der Waals surface area contributed by atoms with Gasteiger partial charge in [-0.15, -0.1) is 0 Å². The van der Waals surface area contributed by atoms with Crippen LogP contribution >= 0.6 is 0 Å². The van der Waals surface area contributed by atoms with Gasteiger partial charge in [0.05, 0.1) is 11.1 Å². The zero-order chi connectivity index (χ0) is 28.3. The second-order valence-corrected chi connectivity index (χ2v) is 10.5. The smallest absolute Gasteiger partial charge is 0.245 e. The van der Waals surface area contributed by atoms with Crippen molar-refractivity contribution < 1.29 is 13.9 Å². The van der Waals surface area contributed by atoms with Crippen LogP contribution in [0, 0.1) is 5.82 Å². The van der Waals surface area contributed by atoms with Gasteiger partial charge in [-0.05, 0) is 55.6 Å². The molecule has 2 aliphatic rings.